The predicted octanol–water partition coefficient (Wildman–Crippen LogP) is 5.15. The predicted molar refractivity (Wildman–Crippen MR) is 107 cm³/mol. The van der Waals surface area contributed by atoms with Crippen LogP contribution >= 0.6 is 0 Å². The average Bonchev–Trinajstić information content (AvgIpc) is 2.32. The van der Waals surface area contributed by atoms with Crippen molar-refractivity contribution in [2.24, 2.45) is 0 Å². The Hall–Kier alpha value is -1.43. The van der Waals surface area contributed by atoms with Gasteiger partial charge in [-0.1, -0.05) is 71.9 Å². The molecule has 0 bridgehead atoms. The summed E-state index contributed by atoms with van der Waals surface area (Å²) in [5, 5.41) is 10.6. The molecule has 1 N–H and O–H groups in total. The van der Waals surface area contributed by atoms with Gasteiger partial charge >= 0.3 is 0 Å². The third-order valence-corrected chi connectivity index (χ3v) is 4.87. The summed E-state index contributed by atoms with van der Waals surface area (Å²) in [4.78, 5) is 0. The molecule has 0 unspecified atom stereocenters. The van der Waals surface area contributed by atoms with Crippen molar-refractivity contribution in [3.8, 4) is 28.7 Å². The van der Waals surface area contributed by atoms with Crippen LogP contribution in [0.3, 0.4) is 0 Å². The van der Waals surface area contributed by atoms with Crippen molar-refractivity contribution in [1.82, 2.24) is 0 Å². The Balaban J connectivity index is 3.57. The summed E-state index contributed by atoms with van der Waals surface area (Å²) >= 11 is 0. The Morgan fingerprint density at radius 2 is 1.13 bits per heavy atom. The van der Waals surface area contributed by atoms with Gasteiger partial charge in [0.1, 0.15) is 21.9 Å². The van der Waals surface area contributed by atoms with Crippen molar-refractivity contribution in [3.05, 3.63) is 28.8 Å². The Labute approximate surface area is 144 Å². The molecule has 0 saturated carbocycles. The van der Waals surface area contributed by atoms with E-state index in [1.165, 1.54) is 0 Å². The van der Waals surface area contributed by atoms with Crippen molar-refractivity contribution in [3.63, 3.8) is 0 Å². The van der Waals surface area contributed by atoms with E-state index in [-0.39, 0.29) is 11.2 Å². The molecule has 1 aromatic rings. The molecule has 0 aliphatic heterocycles. The monoisotopic (exact) mass is 342 g/mol. The molecule has 1 aromatic carbocycles. The normalized spacial score (nSPS) is 12.0. The number of phenolic OH excluding ortho intramolecular Hbond substituents is 1. The number of hydrogen-bond acceptors (Lipinski definition) is 1. The Kier molecular flexibility index (Phi) is 5.63. The molecule has 1 rings (SSSR count). The summed E-state index contributed by atoms with van der Waals surface area (Å²) in [5.41, 5.74) is 9.27. The maximum atomic E-state index is 10.6. The third kappa shape index (κ3) is 6.69. The van der Waals surface area contributed by atoms with E-state index in [0.29, 0.717) is 11.1 Å². The van der Waals surface area contributed by atoms with Crippen LogP contribution in [0.15, 0.2) is 12.1 Å². The fourth-order valence-electron chi connectivity index (χ4n) is 1.77. The van der Waals surface area contributed by atoms with Gasteiger partial charge in [0.15, 0.2) is 0 Å². The molecule has 1 nitrogen and oxygen atoms in total. The van der Waals surface area contributed by atoms with E-state index < -0.39 is 16.1 Å². The van der Waals surface area contributed by atoms with Crippen LogP contribution in [0.25, 0.3) is 0 Å². The molecular weight excluding hydrogens is 312 g/mol. The second kappa shape index (κ2) is 6.59. The van der Waals surface area contributed by atoms with Crippen molar-refractivity contribution in [2.75, 3.05) is 0 Å². The summed E-state index contributed by atoms with van der Waals surface area (Å²) in [6.07, 6.45) is 0. The Morgan fingerprint density at radius 3 is 1.39 bits per heavy atom. The first-order chi connectivity index (χ1) is 10.2. The molecule has 23 heavy (non-hydrogen) atoms. The number of benzene rings is 1. The summed E-state index contributed by atoms with van der Waals surface area (Å²) < 4.78 is 0. The first-order valence-corrected chi connectivity index (χ1v) is 15.1. The van der Waals surface area contributed by atoms with Gasteiger partial charge in [-0.15, -0.1) is 11.1 Å². The van der Waals surface area contributed by atoms with E-state index >= 15 is 0 Å². The number of aromatic hydroxyl groups is 1. The highest BCUT2D eigenvalue weighted by Gasteiger charge is 2.18. The van der Waals surface area contributed by atoms with Gasteiger partial charge in [0.25, 0.3) is 0 Å². The van der Waals surface area contributed by atoms with E-state index in [4.69, 9.17) is 0 Å². The molecule has 0 fully saturated rings. The molecule has 0 atom stereocenters. The summed E-state index contributed by atoms with van der Waals surface area (Å²) in [7, 11) is -2.99. The molecule has 0 aromatic heterocycles. The highest BCUT2D eigenvalue weighted by molar-refractivity contribution is 6.84. The summed E-state index contributed by atoms with van der Waals surface area (Å²) in [5.74, 6) is 6.65. The van der Waals surface area contributed by atoms with Crippen molar-refractivity contribution in [1.29, 1.82) is 0 Å². The quantitative estimate of drug-likeness (QED) is 0.511. The Bertz CT molecular complexity index is 650. The lowest BCUT2D eigenvalue weighted by atomic mass is 9.85. The van der Waals surface area contributed by atoms with Crippen LogP contribution in [0.4, 0.5) is 0 Å². The van der Waals surface area contributed by atoms with Crippen molar-refractivity contribution < 1.29 is 5.11 Å². The first-order valence-electron chi connectivity index (χ1n) is 8.13. The average molecular weight is 343 g/mol. The topological polar surface area (TPSA) is 20.2 Å². The number of hydrogen-bond donors (Lipinski definition) is 1. The highest BCUT2D eigenvalue weighted by Crippen LogP contribution is 2.30. The molecule has 0 amide bonds. The second-order valence-corrected chi connectivity index (χ2v) is 18.7. The van der Waals surface area contributed by atoms with E-state index in [1.807, 2.05) is 12.1 Å². The minimum atomic E-state index is -1.49. The fourth-order valence-corrected chi connectivity index (χ4v) is 2.79. The van der Waals surface area contributed by atoms with E-state index in [2.05, 4.69) is 83.0 Å². The lowest BCUT2D eigenvalue weighted by Crippen LogP contribution is -2.17. The molecule has 0 radical (unpaired) electrons. The number of phenols is 1. The maximum absolute atomic E-state index is 10.6. The molecule has 0 saturated heterocycles. The van der Waals surface area contributed by atoms with Crippen LogP contribution < -0.4 is 0 Å². The zero-order chi connectivity index (χ0) is 18.1. The maximum Gasteiger partial charge on any atom is 0.146 e. The number of rotatable bonds is 0. The van der Waals surface area contributed by atoms with Crippen LogP contribution in [0.2, 0.25) is 39.3 Å². The lowest BCUT2D eigenvalue weighted by molar-refractivity contribution is 0.470. The van der Waals surface area contributed by atoms with Crippen molar-refractivity contribution >= 4 is 16.1 Å². The standard InChI is InChI=1S/C20H30OSi2/c1-20(2,3)18-14-16(10-12-22(4,5)6)19(21)17(15-18)11-13-23(7,8)9/h14-15,21H,1-9H3. The van der Waals surface area contributed by atoms with Gasteiger partial charge in [-0.05, 0) is 23.1 Å². The van der Waals surface area contributed by atoms with Crippen molar-refractivity contribution in [2.45, 2.75) is 65.5 Å². The second-order valence-electron chi connectivity index (χ2n) is 9.17. The van der Waals surface area contributed by atoms with Crippen LogP contribution in [-0.2, 0) is 5.41 Å². The molecule has 0 aliphatic carbocycles. The minimum Gasteiger partial charge on any atom is -0.505 e. The minimum absolute atomic E-state index is 0.00111. The molecule has 124 valence electrons. The summed E-state index contributed by atoms with van der Waals surface area (Å²) in [6, 6.07) is 4.03. The van der Waals surface area contributed by atoms with Gasteiger partial charge in [-0.3, -0.25) is 0 Å². The van der Waals surface area contributed by atoms with Gasteiger partial charge in [-0.25, -0.2) is 0 Å². The van der Waals surface area contributed by atoms with Gasteiger partial charge in [0, 0.05) is 0 Å². The van der Waals surface area contributed by atoms with Crippen LogP contribution in [0, 0.1) is 22.9 Å². The molecule has 0 aliphatic rings. The third-order valence-electron chi connectivity index (χ3n) is 3.12. The summed E-state index contributed by atoms with van der Waals surface area (Å²) in [6.45, 7) is 19.7. The lowest BCUT2D eigenvalue weighted by Gasteiger charge is -2.20. The molecule has 0 spiro atoms. The molecule has 0 heterocycles. The van der Waals surface area contributed by atoms with Gasteiger partial charge in [0.2, 0.25) is 0 Å². The first kappa shape index (κ1) is 19.6. The Morgan fingerprint density at radius 1 is 0.783 bits per heavy atom. The SMILES string of the molecule is CC(C)(C)c1cc(C#C[Si](C)(C)C)c(O)c(C#C[Si](C)(C)C)c1. The van der Waals surface area contributed by atoms with Crippen LogP contribution in [0.5, 0.6) is 5.75 Å². The zero-order valence-electron chi connectivity index (χ0n) is 16.1. The van der Waals surface area contributed by atoms with Crippen LogP contribution in [0.1, 0.15) is 37.5 Å². The zero-order valence-corrected chi connectivity index (χ0v) is 18.1. The fraction of sp³-hybridized carbons (Fsp3) is 0.500. The molecule has 3 heteroatoms. The van der Waals surface area contributed by atoms with Crippen LogP contribution in [-0.4, -0.2) is 21.3 Å². The molecular formula is C20H30OSi2. The van der Waals surface area contributed by atoms with Gasteiger partial charge in [0.05, 0.1) is 11.1 Å². The van der Waals surface area contributed by atoms with E-state index in [0.717, 1.165) is 5.56 Å². The highest BCUT2D eigenvalue weighted by atomic mass is 28.3. The largest absolute Gasteiger partial charge is 0.505 e. The van der Waals surface area contributed by atoms with Gasteiger partial charge in [-0.2, -0.15) is 0 Å². The van der Waals surface area contributed by atoms with E-state index in [9.17, 15) is 5.11 Å². The van der Waals surface area contributed by atoms with Gasteiger partial charge < -0.3 is 5.11 Å². The van der Waals surface area contributed by atoms with E-state index in [1.54, 1.807) is 0 Å². The smallest absolute Gasteiger partial charge is 0.146 e.